The van der Waals surface area contributed by atoms with E-state index in [2.05, 4.69) is 22.1 Å². The van der Waals surface area contributed by atoms with Crippen LogP contribution in [0.3, 0.4) is 0 Å². The first kappa shape index (κ1) is 13.6. The third-order valence-corrected chi connectivity index (χ3v) is 3.82. The molecule has 0 spiro atoms. The number of hydrogen-bond acceptors (Lipinski definition) is 3. The summed E-state index contributed by atoms with van der Waals surface area (Å²) < 4.78 is 0. The highest BCUT2D eigenvalue weighted by Gasteiger charge is 2.16. The first-order valence-electron chi connectivity index (χ1n) is 6.88. The van der Waals surface area contributed by atoms with E-state index in [9.17, 15) is 0 Å². The summed E-state index contributed by atoms with van der Waals surface area (Å²) >= 11 is 6.15. The van der Waals surface area contributed by atoms with Crippen molar-refractivity contribution in [1.82, 2.24) is 9.88 Å². The summed E-state index contributed by atoms with van der Waals surface area (Å²) in [6, 6.07) is 2.36. The number of likely N-dealkylation sites (tertiary alicyclic amines) is 1. The summed E-state index contributed by atoms with van der Waals surface area (Å²) in [6.45, 7) is 5.88. The summed E-state index contributed by atoms with van der Waals surface area (Å²) in [5.74, 6) is 0. The van der Waals surface area contributed by atoms with E-state index < -0.39 is 0 Å². The van der Waals surface area contributed by atoms with Crippen LogP contribution in [0.15, 0.2) is 18.5 Å². The molecule has 1 atom stereocenters. The van der Waals surface area contributed by atoms with Crippen molar-refractivity contribution in [2.45, 2.75) is 38.6 Å². The Morgan fingerprint density at radius 3 is 3.11 bits per heavy atom. The molecule has 0 aliphatic carbocycles. The molecule has 3 nitrogen and oxygen atoms in total. The lowest BCUT2D eigenvalue weighted by atomic mass is 10.1. The fourth-order valence-corrected chi connectivity index (χ4v) is 2.70. The minimum Gasteiger partial charge on any atom is -0.380 e. The maximum atomic E-state index is 6.15. The normalized spacial score (nSPS) is 21.6. The van der Waals surface area contributed by atoms with E-state index in [0.29, 0.717) is 6.04 Å². The molecule has 0 radical (unpaired) electrons. The second-order valence-corrected chi connectivity index (χ2v) is 5.38. The van der Waals surface area contributed by atoms with Gasteiger partial charge >= 0.3 is 0 Å². The molecule has 1 aliphatic rings. The van der Waals surface area contributed by atoms with Crippen LogP contribution in [0.4, 0.5) is 5.69 Å². The van der Waals surface area contributed by atoms with Gasteiger partial charge in [-0.15, -0.1) is 0 Å². The minimum absolute atomic E-state index is 0.522. The molecule has 4 heteroatoms. The van der Waals surface area contributed by atoms with Gasteiger partial charge in [0.05, 0.1) is 16.9 Å². The third kappa shape index (κ3) is 3.85. The lowest BCUT2D eigenvalue weighted by Crippen LogP contribution is -2.27. The van der Waals surface area contributed by atoms with Gasteiger partial charge in [-0.3, -0.25) is 4.98 Å². The first-order valence-corrected chi connectivity index (χ1v) is 7.25. The Labute approximate surface area is 115 Å². The van der Waals surface area contributed by atoms with Crippen molar-refractivity contribution in [3.05, 3.63) is 23.5 Å². The number of hydrogen-bond donors (Lipinski definition) is 1. The maximum Gasteiger partial charge on any atom is 0.0718 e. The fraction of sp³-hybridized carbons (Fsp3) is 0.643. The van der Waals surface area contributed by atoms with E-state index in [1.165, 1.54) is 45.3 Å². The molecule has 1 fully saturated rings. The van der Waals surface area contributed by atoms with Gasteiger partial charge in [-0.05, 0) is 44.8 Å². The van der Waals surface area contributed by atoms with Gasteiger partial charge < -0.3 is 10.2 Å². The van der Waals surface area contributed by atoms with Gasteiger partial charge in [0.15, 0.2) is 0 Å². The lowest BCUT2D eigenvalue weighted by Gasteiger charge is -2.20. The summed E-state index contributed by atoms with van der Waals surface area (Å²) in [6.07, 6.45) is 8.44. The summed E-state index contributed by atoms with van der Waals surface area (Å²) in [4.78, 5) is 6.68. The van der Waals surface area contributed by atoms with E-state index >= 15 is 0 Å². The average Bonchev–Trinajstić information content (AvgIpc) is 2.59. The van der Waals surface area contributed by atoms with Crippen LogP contribution in [0.2, 0.25) is 5.02 Å². The number of halogens is 1. The van der Waals surface area contributed by atoms with Gasteiger partial charge in [0.25, 0.3) is 0 Å². The van der Waals surface area contributed by atoms with Gasteiger partial charge in [-0.25, -0.2) is 0 Å². The molecule has 0 aromatic carbocycles. The summed E-state index contributed by atoms with van der Waals surface area (Å²) in [7, 11) is 0. The molecule has 2 heterocycles. The fourth-order valence-electron chi connectivity index (χ4n) is 2.54. The van der Waals surface area contributed by atoms with Gasteiger partial charge in [-0.2, -0.15) is 0 Å². The highest BCUT2D eigenvalue weighted by Crippen LogP contribution is 2.23. The standard InChI is InChI=1S/C14H22ClN3/c1-2-8-18-9-3-4-12(6-10-18)17-14-11-16-7-5-13(14)15/h5,7,11-12,17H,2-4,6,8-10H2,1H3. The molecule has 1 saturated heterocycles. The second-order valence-electron chi connectivity index (χ2n) is 4.97. The van der Waals surface area contributed by atoms with Crippen LogP contribution in [0.5, 0.6) is 0 Å². The van der Waals surface area contributed by atoms with E-state index in [4.69, 9.17) is 11.6 Å². The lowest BCUT2D eigenvalue weighted by molar-refractivity contribution is 0.285. The van der Waals surface area contributed by atoms with Gasteiger partial charge in [-0.1, -0.05) is 18.5 Å². The zero-order valence-electron chi connectivity index (χ0n) is 11.0. The van der Waals surface area contributed by atoms with Crippen LogP contribution in [0, 0.1) is 0 Å². The quantitative estimate of drug-likeness (QED) is 0.906. The van der Waals surface area contributed by atoms with E-state index in [0.717, 1.165) is 10.7 Å². The van der Waals surface area contributed by atoms with Crippen molar-refractivity contribution in [2.75, 3.05) is 25.0 Å². The smallest absolute Gasteiger partial charge is 0.0718 e. The highest BCUT2D eigenvalue weighted by atomic mass is 35.5. The Kier molecular flexibility index (Phi) is 5.26. The highest BCUT2D eigenvalue weighted by molar-refractivity contribution is 6.33. The topological polar surface area (TPSA) is 28.2 Å². The number of nitrogens with one attached hydrogen (secondary N) is 1. The van der Waals surface area contributed by atoms with Crippen molar-refractivity contribution in [2.24, 2.45) is 0 Å². The molecular weight excluding hydrogens is 246 g/mol. The van der Waals surface area contributed by atoms with Crippen LogP contribution >= 0.6 is 11.6 Å². The monoisotopic (exact) mass is 267 g/mol. The van der Waals surface area contributed by atoms with Gasteiger partial charge in [0.1, 0.15) is 0 Å². The van der Waals surface area contributed by atoms with Crippen LogP contribution in [-0.2, 0) is 0 Å². The first-order chi connectivity index (χ1) is 8.79. The maximum absolute atomic E-state index is 6.15. The van der Waals surface area contributed by atoms with E-state index in [1.54, 1.807) is 6.20 Å². The molecule has 1 aromatic rings. The number of rotatable bonds is 4. The zero-order valence-corrected chi connectivity index (χ0v) is 11.8. The Morgan fingerprint density at radius 1 is 1.44 bits per heavy atom. The number of aromatic nitrogens is 1. The predicted octanol–water partition coefficient (Wildman–Crippen LogP) is 3.41. The number of anilines is 1. The molecule has 1 aromatic heterocycles. The van der Waals surface area contributed by atoms with Gasteiger partial charge in [0.2, 0.25) is 0 Å². The van der Waals surface area contributed by atoms with Crippen LogP contribution in [0.25, 0.3) is 0 Å². The molecule has 100 valence electrons. The molecule has 0 bridgehead atoms. The molecular formula is C14H22ClN3. The largest absolute Gasteiger partial charge is 0.380 e. The van der Waals surface area contributed by atoms with E-state index in [1.807, 2.05) is 12.3 Å². The van der Waals surface area contributed by atoms with Crippen LogP contribution < -0.4 is 5.32 Å². The third-order valence-electron chi connectivity index (χ3n) is 3.49. The van der Waals surface area contributed by atoms with Gasteiger partial charge in [0, 0.05) is 18.8 Å². The van der Waals surface area contributed by atoms with Crippen molar-refractivity contribution < 1.29 is 0 Å². The second kappa shape index (κ2) is 6.95. The predicted molar refractivity (Wildman–Crippen MR) is 77.2 cm³/mol. The molecule has 1 N–H and O–H groups in total. The Balaban J connectivity index is 1.89. The Hall–Kier alpha value is -0.800. The van der Waals surface area contributed by atoms with Crippen molar-refractivity contribution in [3.63, 3.8) is 0 Å². The molecule has 1 aliphatic heterocycles. The summed E-state index contributed by atoms with van der Waals surface area (Å²) in [5.41, 5.74) is 0.966. The zero-order chi connectivity index (χ0) is 12.8. The number of pyridine rings is 1. The SMILES string of the molecule is CCCN1CCCC(Nc2cnccc2Cl)CC1. The van der Waals surface area contributed by atoms with Crippen molar-refractivity contribution in [3.8, 4) is 0 Å². The van der Waals surface area contributed by atoms with Crippen molar-refractivity contribution in [1.29, 1.82) is 0 Å². The van der Waals surface area contributed by atoms with Crippen LogP contribution in [-0.4, -0.2) is 35.6 Å². The molecule has 1 unspecified atom stereocenters. The summed E-state index contributed by atoms with van der Waals surface area (Å²) in [5, 5.41) is 4.29. The van der Waals surface area contributed by atoms with Crippen LogP contribution in [0.1, 0.15) is 32.6 Å². The molecule has 2 rings (SSSR count). The van der Waals surface area contributed by atoms with Crippen molar-refractivity contribution >= 4 is 17.3 Å². The minimum atomic E-state index is 0.522. The van der Waals surface area contributed by atoms with E-state index in [-0.39, 0.29) is 0 Å². The molecule has 0 saturated carbocycles. The molecule has 18 heavy (non-hydrogen) atoms. The molecule has 0 amide bonds. The Bertz CT molecular complexity index is 370. The average molecular weight is 268 g/mol. The Morgan fingerprint density at radius 2 is 2.33 bits per heavy atom. The number of nitrogens with zero attached hydrogens (tertiary/aromatic N) is 2.